The molecule has 166 valence electrons. The number of nitrogens with one attached hydrogen (secondary N) is 2. The van der Waals surface area contributed by atoms with E-state index in [0.717, 1.165) is 6.07 Å². The quantitative estimate of drug-likeness (QED) is 0.392. The fourth-order valence-electron chi connectivity index (χ4n) is 2.72. The number of hydrogen-bond acceptors (Lipinski definition) is 6. The minimum Gasteiger partial charge on any atom is -0.504 e. The summed E-state index contributed by atoms with van der Waals surface area (Å²) in [5, 5.41) is 35.0. The number of carbonyl (C=O) groups excluding carboxylic acids is 2. The molecule has 5 N–H and O–H groups in total. The van der Waals surface area contributed by atoms with Crippen molar-refractivity contribution in [2.24, 2.45) is 0 Å². The predicted molar refractivity (Wildman–Crippen MR) is 117 cm³/mol. The molecule has 0 aliphatic heterocycles. The number of carbonyl (C=O) groups is 3. The molecular weight excluding hydrogens is 472 g/mol. The van der Waals surface area contributed by atoms with Crippen LogP contribution in [0.15, 0.2) is 34.8 Å². The number of ether oxygens (including phenoxy) is 1. The normalized spacial score (nSPS) is 12.0. The molecule has 1 atom stereocenters. The van der Waals surface area contributed by atoms with Crippen LogP contribution in [0.25, 0.3) is 11.1 Å². The second-order valence-corrected chi connectivity index (χ2v) is 8.58. The van der Waals surface area contributed by atoms with E-state index < -0.39 is 35.2 Å². The Morgan fingerprint density at radius 3 is 2.29 bits per heavy atom. The molecule has 0 heterocycles. The second kappa shape index (κ2) is 9.25. The van der Waals surface area contributed by atoms with E-state index in [-0.39, 0.29) is 17.0 Å². The van der Waals surface area contributed by atoms with Crippen molar-refractivity contribution in [1.82, 2.24) is 5.32 Å². The highest BCUT2D eigenvalue weighted by molar-refractivity contribution is 9.10. The van der Waals surface area contributed by atoms with Crippen molar-refractivity contribution in [2.45, 2.75) is 39.3 Å². The van der Waals surface area contributed by atoms with E-state index in [9.17, 15) is 29.7 Å². The van der Waals surface area contributed by atoms with Gasteiger partial charge in [0.05, 0.1) is 5.69 Å². The van der Waals surface area contributed by atoms with Gasteiger partial charge in [0.25, 0.3) is 0 Å². The monoisotopic (exact) mass is 494 g/mol. The molecule has 0 saturated carbocycles. The van der Waals surface area contributed by atoms with Crippen LogP contribution in [-0.4, -0.2) is 38.9 Å². The van der Waals surface area contributed by atoms with Crippen molar-refractivity contribution in [2.75, 3.05) is 5.32 Å². The first-order valence-electron chi connectivity index (χ1n) is 9.14. The Hall–Kier alpha value is -3.27. The zero-order valence-corrected chi connectivity index (χ0v) is 18.9. The number of carboxylic acids is 1. The molecule has 9 nitrogen and oxygen atoms in total. The first-order valence-corrected chi connectivity index (χ1v) is 9.93. The van der Waals surface area contributed by atoms with Crippen molar-refractivity contribution in [1.29, 1.82) is 0 Å². The first-order chi connectivity index (χ1) is 14.3. The maximum atomic E-state index is 12.1. The van der Waals surface area contributed by atoms with Gasteiger partial charge in [-0.1, -0.05) is 6.07 Å². The highest BCUT2D eigenvalue weighted by Gasteiger charge is 2.27. The van der Waals surface area contributed by atoms with Gasteiger partial charge in [-0.25, -0.2) is 9.59 Å². The van der Waals surface area contributed by atoms with Gasteiger partial charge < -0.3 is 30.7 Å². The molecule has 0 bridgehead atoms. The van der Waals surface area contributed by atoms with Gasteiger partial charge in [0.2, 0.25) is 5.91 Å². The fourth-order valence-corrected chi connectivity index (χ4v) is 3.06. The lowest BCUT2D eigenvalue weighted by molar-refractivity contribution is -0.139. The highest BCUT2D eigenvalue weighted by atomic mass is 79.9. The molecule has 10 heteroatoms. The summed E-state index contributed by atoms with van der Waals surface area (Å²) >= 11 is 3.31. The summed E-state index contributed by atoms with van der Waals surface area (Å²) in [4.78, 5) is 35.3. The van der Waals surface area contributed by atoms with Gasteiger partial charge in [0.1, 0.15) is 5.60 Å². The molecule has 0 fully saturated rings. The Labute approximate surface area is 187 Å². The molecule has 2 aromatic carbocycles. The minimum absolute atomic E-state index is 0.00709. The van der Waals surface area contributed by atoms with Gasteiger partial charge in [0.15, 0.2) is 17.5 Å². The third-order valence-corrected chi connectivity index (χ3v) is 4.63. The molecule has 0 aliphatic carbocycles. The van der Waals surface area contributed by atoms with E-state index in [1.54, 1.807) is 39.0 Å². The number of phenolic OH excluding ortho intramolecular Hbond substituents is 2. The van der Waals surface area contributed by atoms with Crippen molar-refractivity contribution in [3.63, 3.8) is 0 Å². The number of carboxylic acid groups (broad SMARTS) is 1. The van der Waals surface area contributed by atoms with Crippen molar-refractivity contribution >= 4 is 39.6 Å². The molecule has 0 spiro atoms. The standard InChI is InChI=1S/C21H23BrN2O7/c1-10(25)23-15-8-11(5-6-14(15)22)13-7-12(9-16(26)18(13)27)17(19(28)29)24-20(30)31-21(2,3)4/h5-9,17,26-27H,1-4H3,(H,23,25)(H,24,30)(H,28,29)/t17-/m1/s1. The predicted octanol–water partition coefficient (Wildman–Crippen LogP) is 4.14. The molecular formula is C21H23BrN2O7. The van der Waals surface area contributed by atoms with Gasteiger partial charge in [-0.3, -0.25) is 4.79 Å². The van der Waals surface area contributed by atoms with Crippen LogP contribution in [0.4, 0.5) is 10.5 Å². The number of alkyl carbamates (subject to hydrolysis) is 1. The topological polar surface area (TPSA) is 145 Å². The fraction of sp³-hybridized carbons (Fsp3) is 0.286. The Balaban J connectivity index is 2.51. The molecule has 0 saturated heterocycles. The molecule has 31 heavy (non-hydrogen) atoms. The van der Waals surface area contributed by atoms with Gasteiger partial charge >= 0.3 is 12.1 Å². The van der Waals surface area contributed by atoms with Crippen LogP contribution in [-0.2, 0) is 14.3 Å². The van der Waals surface area contributed by atoms with E-state index in [4.69, 9.17) is 4.74 Å². The number of anilines is 1. The number of benzene rings is 2. The third-order valence-electron chi connectivity index (χ3n) is 3.94. The average Bonchev–Trinajstić information content (AvgIpc) is 2.62. The number of rotatable bonds is 5. The summed E-state index contributed by atoms with van der Waals surface area (Å²) in [5.74, 6) is -2.77. The number of halogens is 1. The molecule has 0 aromatic heterocycles. The van der Waals surface area contributed by atoms with Crippen LogP contribution < -0.4 is 10.6 Å². The van der Waals surface area contributed by atoms with E-state index in [0.29, 0.717) is 15.7 Å². The Morgan fingerprint density at radius 1 is 1.10 bits per heavy atom. The van der Waals surface area contributed by atoms with Crippen LogP contribution in [0.5, 0.6) is 11.5 Å². The molecule has 0 radical (unpaired) electrons. The number of amides is 2. The van der Waals surface area contributed by atoms with E-state index in [1.807, 2.05) is 0 Å². The molecule has 0 unspecified atom stereocenters. The van der Waals surface area contributed by atoms with Crippen molar-refractivity contribution in [3.8, 4) is 22.6 Å². The largest absolute Gasteiger partial charge is 0.504 e. The summed E-state index contributed by atoms with van der Waals surface area (Å²) in [6.45, 7) is 6.23. The van der Waals surface area contributed by atoms with Gasteiger partial charge in [-0.2, -0.15) is 0 Å². The van der Waals surface area contributed by atoms with Crippen molar-refractivity contribution < 1.29 is 34.4 Å². The molecule has 2 aromatic rings. The summed E-state index contributed by atoms with van der Waals surface area (Å²) in [5.41, 5.74) is 0.0744. The summed E-state index contributed by atoms with van der Waals surface area (Å²) in [6, 6.07) is 5.59. The maximum absolute atomic E-state index is 12.1. The van der Waals surface area contributed by atoms with Crippen LogP contribution in [0.3, 0.4) is 0 Å². The van der Waals surface area contributed by atoms with E-state index >= 15 is 0 Å². The number of hydrogen-bond donors (Lipinski definition) is 5. The Bertz CT molecular complexity index is 1030. The number of phenols is 2. The SMILES string of the molecule is CC(=O)Nc1cc(-c2cc([C@@H](NC(=O)OC(C)(C)C)C(=O)O)cc(O)c2O)ccc1Br. The summed E-state index contributed by atoms with van der Waals surface area (Å²) in [7, 11) is 0. The van der Waals surface area contributed by atoms with Crippen LogP contribution >= 0.6 is 15.9 Å². The number of aliphatic carboxylic acids is 1. The Kier molecular flexibility index (Phi) is 7.17. The smallest absolute Gasteiger partial charge is 0.408 e. The van der Waals surface area contributed by atoms with E-state index in [2.05, 4.69) is 26.6 Å². The number of aromatic hydroxyl groups is 2. The Morgan fingerprint density at radius 2 is 1.74 bits per heavy atom. The van der Waals surface area contributed by atoms with Crippen LogP contribution in [0.1, 0.15) is 39.3 Å². The van der Waals surface area contributed by atoms with Gasteiger partial charge in [-0.15, -0.1) is 0 Å². The second-order valence-electron chi connectivity index (χ2n) is 7.73. The zero-order valence-electron chi connectivity index (χ0n) is 17.3. The summed E-state index contributed by atoms with van der Waals surface area (Å²) in [6.07, 6.45) is -0.953. The van der Waals surface area contributed by atoms with Crippen LogP contribution in [0.2, 0.25) is 0 Å². The highest BCUT2D eigenvalue weighted by Crippen LogP contribution is 2.41. The van der Waals surface area contributed by atoms with E-state index in [1.165, 1.54) is 13.0 Å². The lowest BCUT2D eigenvalue weighted by Crippen LogP contribution is -2.38. The van der Waals surface area contributed by atoms with Crippen molar-refractivity contribution in [3.05, 3.63) is 40.4 Å². The summed E-state index contributed by atoms with van der Waals surface area (Å²) < 4.78 is 5.69. The maximum Gasteiger partial charge on any atom is 0.408 e. The molecule has 2 rings (SSSR count). The van der Waals surface area contributed by atoms with Gasteiger partial charge in [0, 0.05) is 17.0 Å². The lowest BCUT2D eigenvalue weighted by Gasteiger charge is -2.22. The zero-order chi connectivity index (χ0) is 23.5. The first kappa shape index (κ1) is 24.0. The average molecular weight is 495 g/mol. The van der Waals surface area contributed by atoms with Crippen LogP contribution in [0, 0.1) is 0 Å². The third kappa shape index (κ3) is 6.35. The molecule has 0 aliphatic rings. The van der Waals surface area contributed by atoms with Gasteiger partial charge in [-0.05, 0) is 72.1 Å². The minimum atomic E-state index is -1.55. The lowest BCUT2D eigenvalue weighted by atomic mass is 9.97. The molecule has 2 amide bonds.